The molecule has 8 heteroatoms. The number of ether oxygens (including phenoxy) is 2. The van der Waals surface area contributed by atoms with Gasteiger partial charge in [0.2, 0.25) is 5.91 Å². The van der Waals surface area contributed by atoms with Crippen molar-refractivity contribution in [1.29, 1.82) is 0 Å². The van der Waals surface area contributed by atoms with E-state index in [1.54, 1.807) is 20.5 Å². The first-order valence-corrected chi connectivity index (χ1v) is 10.1. The van der Waals surface area contributed by atoms with Crippen molar-refractivity contribution in [3.05, 3.63) is 54.9 Å². The Morgan fingerprint density at radius 3 is 2.45 bits per heavy atom. The number of nitrogens with one attached hydrogen (secondary N) is 1. The molecular formula is C21H24N4O3S. The molecule has 0 fully saturated rings. The number of hydrogen-bond acceptors (Lipinski definition) is 6. The summed E-state index contributed by atoms with van der Waals surface area (Å²) < 4.78 is 12.4. The average Bonchev–Trinajstić information content (AvgIpc) is 3.20. The van der Waals surface area contributed by atoms with E-state index in [-0.39, 0.29) is 17.1 Å². The number of thioether (sulfide) groups is 1. The van der Waals surface area contributed by atoms with Gasteiger partial charge in [0.25, 0.3) is 0 Å². The highest BCUT2D eigenvalue weighted by atomic mass is 32.2. The van der Waals surface area contributed by atoms with Crippen LogP contribution in [0.15, 0.2) is 60.0 Å². The van der Waals surface area contributed by atoms with Crippen molar-refractivity contribution < 1.29 is 14.3 Å². The number of amides is 1. The summed E-state index contributed by atoms with van der Waals surface area (Å²) in [5.41, 5.74) is 1.54. The third-order valence-corrected chi connectivity index (χ3v) is 5.82. The molecule has 0 aliphatic heterocycles. The van der Waals surface area contributed by atoms with Gasteiger partial charge in [-0.3, -0.25) is 9.36 Å². The van der Waals surface area contributed by atoms with Crippen molar-refractivity contribution in [3.63, 3.8) is 0 Å². The van der Waals surface area contributed by atoms with Crippen LogP contribution in [0.1, 0.15) is 13.8 Å². The molecule has 1 N–H and O–H groups in total. The minimum absolute atomic E-state index is 0.0843. The fraction of sp³-hybridized carbons (Fsp3) is 0.286. The van der Waals surface area contributed by atoms with Crippen molar-refractivity contribution >= 4 is 23.4 Å². The van der Waals surface area contributed by atoms with Gasteiger partial charge in [0.05, 0.1) is 25.2 Å². The standard InChI is InChI=1S/C21H24N4O3S/c1-14(2)19(20(26)23-15-9-11-16(27-3)12-10-15)29-21-24-22-13-25(21)17-7-5-6-8-18(17)28-4/h5-14,19H,1-4H3,(H,23,26)/t19-/m0/s1. The maximum atomic E-state index is 13.0. The van der Waals surface area contributed by atoms with Gasteiger partial charge in [0.1, 0.15) is 17.8 Å². The van der Waals surface area contributed by atoms with Crippen LogP contribution >= 0.6 is 11.8 Å². The average molecular weight is 413 g/mol. The fourth-order valence-corrected chi connectivity index (χ4v) is 3.81. The summed E-state index contributed by atoms with van der Waals surface area (Å²) in [6, 6.07) is 14.9. The van der Waals surface area contributed by atoms with E-state index in [2.05, 4.69) is 15.5 Å². The second kappa shape index (κ2) is 9.47. The van der Waals surface area contributed by atoms with E-state index in [1.165, 1.54) is 11.8 Å². The van der Waals surface area contributed by atoms with E-state index in [0.717, 1.165) is 11.4 Å². The molecule has 0 saturated carbocycles. The highest BCUT2D eigenvalue weighted by Gasteiger charge is 2.26. The Morgan fingerprint density at radius 2 is 1.79 bits per heavy atom. The lowest BCUT2D eigenvalue weighted by Gasteiger charge is -2.20. The monoisotopic (exact) mass is 412 g/mol. The van der Waals surface area contributed by atoms with Gasteiger partial charge in [-0.25, -0.2) is 0 Å². The van der Waals surface area contributed by atoms with Crippen molar-refractivity contribution in [2.24, 2.45) is 5.92 Å². The van der Waals surface area contributed by atoms with Crippen LogP contribution in [-0.4, -0.2) is 40.1 Å². The molecule has 7 nitrogen and oxygen atoms in total. The maximum absolute atomic E-state index is 13.0. The Bertz CT molecular complexity index is 957. The van der Waals surface area contributed by atoms with Gasteiger partial charge in [0.15, 0.2) is 5.16 Å². The molecule has 0 bridgehead atoms. The quantitative estimate of drug-likeness (QED) is 0.563. The molecular weight excluding hydrogens is 388 g/mol. The molecule has 3 rings (SSSR count). The van der Waals surface area contributed by atoms with Gasteiger partial charge >= 0.3 is 0 Å². The number of rotatable bonds is 8. The Hall–Kier alpha value is -3.00. The second-order valence-electron chi connectivity index (χ2n) is 6.66. The van der Waals surface area contributed by atoms with Gasteiger partial charge in [-0.05, 0) is 42.3 Å². The van der Waals surface area contributed by atoms with Crippen molar-refractivity contribution in [2.45, 2.75) is 24.3 Å². The summed E-state index contributed by atoms with van der Waals surface area (Å²) >= 11 is 1.38. The third-order valence-electron chi connectivity index (χ3n) is 4.32. The lowest BCUT2D eigenvalue weighted by molar-refractivity contribution is -0.116. The Balaban J connectivity index is 1.81. The van der Waals surface area contributed by atoms with E-state index < -0.39 is 0 Å². The molecule has 1 aromatic heterocycles. The molecule has 0 aliphatic carbocycles. The Labute approximate surface area is 174 Å². The number of nitrogens with zero attached hydrogens (tertiary/aromatic N) is 3. The molecule has 152 valence electrons. The van der Waals surface area contributed by atoms with E-state index >= 15 is 0 Å². The van der Waals surface area contributed by atoms with Crippen molar-refractivity contribution in [3.8, 4) is 17.2 Å². The molecule has 3 aromatic rings. The molecule has 29 heavy (non-hydrogen) atoms. The number of carbonyl (C=O) groups excluding carboxylic acids is 1. The summed E-state index contributed by atoms with van der Waals surface area (Å²) in [5, 5.41) is 11.5. The van der Waals surface area contributed by atoms with Crippen LogP contribution in [-0.2, 0) is 4.79 Å². The Kier molecular flexibility index (Phi) is 6.77. The lowest BCUT2D eigenvalue weighted by atomic mass is 10.1. The highest BCUT2D eigenvalue weighted by molar-refractivity contribution is 8.00. The van der Waals surface area contributed by atoms with Gasteiger partial charge in [-0.15, -0.1) is 10.2 Å². The predicted octanol–water partition coefficient (Wildman–Crippen LogP) is 4.04. The second-order valence-corrected chi connectivity index (χ2v) is 7.76. The molecule has 1 atom stereocenters. The van der Waals surface area contributed by atoms with Crippen LogP contribution in [0.25, 0.3) is 5.69 Å². The fourth-order valence-electron chi connectivity index (χ4n) is 2.79. The highest BCUT2D eigenvalue weighted by Crippen LogP contribution is 2.32. The molecule has 0 aliphatic rings. The lowest BCUT2D eigenvalue weighted by Crippen LogP contribution is -2.30. The van der Waals surface area contributed by atoms with Crippen molar-refractivity contribution in [1.82, 2.24) is 14.8 Å². The zero-order valence-electron chi connectivity index (χ0n) is 16.8. The number of benzene rings is 2. The van der Waals surface area contributed by atoms with E-state index in [0.29, 0.717) is 16.6 Å². The summed E-state index contributed by atoms with van der Waals surface area (Å²) in [4.78, 5) is 13.0. The summed E-state index contributed by atoms with van der Waals surface area (Å²) in [7, 11) is 3.23. The van der Waals surface area contributed by atoms with Crippen LogP contribution in [0, 0.1) is 5.92 Å². The van der Waals surface area contributed by atoms with E-state index in [4.69, 9.17) is 9.47 Å². The first-order valence-electron chi connectivity index (χ1n) is 9.18. The molecule has 0 unspecified atom stereocenters. The summed E-state index contributed by atoms with van der Waals surface area (Å²) in [5.74, 6) is 1.44. The number of hydrogen-bond donors (Lipinski definition) is 1. The van der Waals surface area contributed by atoms with Crippen molar-refractivity contribution in [2.75, 3.05) is 19.5 Å². The minimum Gasteiger partial charge on any atom is -0.497 e. The first-order chi connectivity index (χ1) is 14.0. The van der Waals surface area contributed by atoms with Gasteiger partial charge in [-0.1, -0.05) is 37.7 Å². The number of methoxy groups -OCH3 is 2. The normalized spacial score (nSPS) is 11.9. The Morgan fingerprint density at radius 1 is 1.07 bits per heavy atom. The largest absolute Gasteiger partial charge is 0.497 e. The molecule has 1 amide bonds. The SMILES string of the molecule is COc1ccc(NC(=O)[C@@H](Sc2nncn2-c2ccccc2OC)C(C)C)cc1. The van der Waals surface area contributed by atoms with Gasteiger partial charge in [-0.2, -0.15) is 0 Å². The van der Waals surface area contributed by atoms with Crippen LogP contribution in [0.4, 0.5) is 5.69 Å². The smallest absolute Gasteiger partial charge is 0.238 e. The van der Waals surface area contributed by atoms with Gasteiger partial charge in [0, 0.05) is 5.69 Å². The number of carbonyl (C=O) groups is 1. The maximum Gasteiger partial charge on any atom is 0.238 e. The van der Waals surface area contributed by atoms with E-state index in [9.17, 15) is 4.79 Å². The number of anilines is 1. The van der Waals surface area contributed by atoms with Crippen LogP contribution in [0.2, 0.25) is 0 Å². The van der Waals surface area contributed by atoms with Crippen LogP contribution in [0.3, 0.4) is 0 Å². The summed E-state index contributed by atoms with van der Waals surface area (Å²) in [6.07, 6.45) is 1.62. The summed E-state index contributed by atoms with van der Waals surface area (Å²) in [6.45, 7) is 4.02. The molecule has 0 spiro atoms. The zero-order valence-corrected chi connectivity index (χ0v) is 17.6. The molecule has 0 saturated heterocycles. The third kappa shape index (κ3) is 4.89. The van der Waals surface area contributed by atoms with Crippen LogP contribution in [0.5, 0.6) is 11.5 Å². The number of para-hydroxylation sites is 2. The molecule has 0 radical (unpaired) electrons. The van der Waals surface area contributed by atoms with Crippen LogP contribution < -0.4 is 14.8 Å². The molecule has 1 heterocycles. The van der Waals surface area contributed by atoms with E-state index in [1.807, 2.05) is 66.9 Å². The zero-order chi connectivity index (χ0) is 20.8. The number of aromatic nitrogens is 3. The first kappa shape index (κ1) is 20.7. The predicted molar refractivity (Wildman–Crippen MR) is 114 cm³/mol. The topological polar surface area (TPSA) is 78.3 Å². The minimum atomic E-state index is -0.352. The van der Waals surface area contributed by atoms with Gasteiger partial charge < -0.3 is 14.8 Å². The molecule has 2 aromatic carbocycles.